The van der Waals surface area contributed by atoms with Crippen molar-refractivity contribution in [3.63, 3.8) is 0 Å². The van der Waals surface area contributed by atoms with E-state index in [0.29, 0.717) is 13.0 Å². The normalized spacial score (nSPS) is 15.8. The van der Waals surface area contributed by atoms with E-state index in [1.165, 1.54) is 11.1 Å². The van der Waals surface area contributed by atoms with Gasteiger partial charge in [-0.1, -0.05) is 6.07 Å². The highest BCUT2D eigenvalue weighted by molar-refractivity contribution is 7.85. The van der Waals surface area contributed by atoms with Crippen molar-refractivity contribution in [1.29, 1.82) is 0 Å². The topological polar surface area (TPSA) is 95.7 Å². The third kappa shape index (κ3) is 3.67. The lowest BCUT2D eigenvalue weighted by Gasteiger charge is -2.15. The Balaban J connectivity index is 1.78. The highest BCUT2D eigenvalue weighted by Crippen LogP contribution is 2.22. The van der Waals surface area contributed by atoms with Crippen LogP contribution in [0.2, 0.25) is 0 Å². The van der Waals surface area contributed by atoms with Gasteiger partial charge in [-0.3, -0.25) is 9.98 Å². The molecule has 4 N–H and O–H groups in total. The number of benzene rings is 1. The molecule has 0 unspecified atom stereocenters. The summed E-state index contributed by atoms with van der Waals surface area (Å²) >= 11 is 0. The zero-order valence-electron chi connectivity index (χ0n) is 9.96. The Morgan fingerprint density at radius 3 is 2.78 bits per heavy atom. The fourth-order valence-electron chi connectivity index (χ4n) is 2.02. The van der Waals surface area contributed by atoms with Gasteiger partial charge in [-0.2, -0.15) is 8.42 Å². The molecule has 0 aliphatic carbocycles. The number of nitrogens with one attached hydrogen (secondary N) is 1. The maximum atomic E-state index is 10.5. The molecule has 1 aliphatic rings. The van der Waals surface area contributed by atoms with Crippen molar-refractivity contribution in [2.45, 2.75) is 19.5 Å². The molecule has 0 aromatic heterocycles. The Kier molecular flexibility index (Phi) is 3.86. The summed E-state index contributed by atoms with van der Waals surface area (Å²) in [5.74, 6) is -0.215. The van der Waals surface area contributed by atoms with Gasteiger partial charge in [0.1, 0.15) is 0 Å². The molecule has 1 aliphatic heterocycles. The van der Waals surface area contributed by atoms with Crippen LogP contribution in [-0.4, -0.2) is 30.3 Å². The molecule has 7 heteroatoms. The molecule has 0 fully saturated rings. The minimum absolute atomic E-state index is 0.215. The van der Waals surface area contributed by atoms with Gasteiger partial charge in [-0.25, -0.2) is 5.01 Å². The molecule has 1 heterocycles. The first-order valence-electron chi connectivity index (χ1n) is 5.75. The fourth-order valence-corrected chi connectivity index (χ4v) is 2.53. The molecular formula is C11H17N3O3S. The standard InChI is InChI=1S/C11H17N3O3S/c12-11-3-2-9-7-14(8-10(9)6-11)13-4-1-5-18(15,16)17/h2-3,6,13H,1,4-5,7-8,12H2,(H,15,16,17). The van der Waals surface area contributed by atoms with Gasteiger partial charge in [0, 0.05) is 25.3 Å². The molecule has 0 saturated carbocycles. The second kappa shape index (κ2) is 5.23. The van der Waals surface area contributed by atoms with Gasteiger partial charge in [0.15, 0.2) is 0 Å². The molecule has 0 bridgehead atoms. The first kappa shape index (κ1) is 13.3. The monoisotopic (exact) mass is 271 g/mol. The van der Waals surface area contributed by atoms with E-state index in [9.17, 15) is 8.42 Å². The van der Waals surface area contributed by atoms with Gasteiger partial charge < -0.3 is 5.73 Å². The van der Waals surface area contributed by atoms with E-state index < -0.39 is 10.1 Å². The van der Waals surface area contributed by atoms with Crippen LogP contribution in [-0.2, 0) is 23.2 Å². The number of nitrogen functional groups attached to an aromatic ring is 1. The van der Waals surface area contributed by atoms with Gasteiger partial charge in [0.2, 0.25) is 0 Å². The molecular weight excluding hydrogens is 254 g/mol. The Labute approximate surface area is 106 Å². The molecule has 0 radical (unpaired) electrons. The van der Waals surface area contributed by atoms with E-state index in [2.05, 4.69) is 5.43 Å². The van der Waals surface area contributed by atoms with Crippen LogP contribution in [0.4, 0.5) is 5.69 Å². The Morgan fingerprint density at radius 1 is 1.33 bits per heavy atom. The highest BCUT2D eigenvalue weighted by atomic mass is 32.2. The average molecular weight is 271 g/mol. The quantitative estimate of drug-likeness (QED) is 0.407. The molecule has 6 nitrogen and oxygen atoms in total. The molecule has 0 saturated heterocycles. The first-order chi connectivity index (χ1) is 8.44. The smallest absolute Gasteiger partial charge is 0.264 e. The molecule has 0 atom stereocenters. The summed E-state index contributed by atoms with van der Waals surface area (Å²) in [6.45, 7) is 2.05. The third-order valence-corrected chi connectivity index (χ3v) is 3.67. The van der Waals surface area contributed by atoms with Crippen LogP contribution in [0.3, 0.4) is 0 Å². The van der Waals surface area contributed by atoms with E-state index in [0.717, 1.165) is 18.8 Å². The number of rotatable bonds is 5. The maximum absolute atomic E-state index is 10.5. The number of nitrogens with two attached hydrogens (primary N) is 1. The molecule has 0 spiro atoms. The lowest BCUT2D eigenvalue weighted by molar-refractivity contribution is 0.190. The van der Waals surface area contributed by atoms with Crippen molar-refractivity contribution in [2.75, 3.05) is 18.0 Å². The van der Waals surface area contributed by atoms with Crippen molar-refractivity contribution >= 4 is 15.8 Å². The summed E-state index contributed by atoms with van der Waals surface area (Å²) in [5, 5.41) is 2.01. The van der Waals surface area contributed by atoms with Gasteiger partial charge in [-0.15, -0.1) is 0 Å². The molecule has 1 aromatic carbocycles. The second-order valence-electron chi connectivity index (χ2n) is 4.43. The van der Waals surface area contributed by atoms with Crippen LogP contribution in [0.5, 0.6) is 0 Å². The van der Waals surface area contributed by atoms with Crippen LogP contribution in [0.15, 0.2) is 18.2 Å². The predicted octanol–water partition coefficient (Wildman–Crippen LogP) is 0.367. The van der Waals surface area contributed by atoms with Crippen LogP contribution in [0.1, 0.15) is 17.5 Å². The van der Waals surface area contributed by atoms with E-state index >= 15 is 0 Å². The van der Waals surface area contributed by atoms with Crippen LogP contribution < -0.4 is 11.2 Å². The number of hydrogen-bond acceptors (Lipinski definition) is 5. The summed E-state index contributed by atoms with van der Waals surface area (Å²) in [5.41, 5.74) is 12.0. The average Bonchev–Trinajstić information content (AvgIpc) is 2.65. The third-order valence-electron chi connectivity index (χ3n) is 2.87. The van der Waals surface area contributed by atoms with Crippen molar-refractivity contribution < 1.29 is 13.0 Å². The van der Waals surface area contributed by atoms with Gasteiger partial charge in [0.05, 0.1) is 5.75 Å². The first-order valence-corrected chi connectivity index (χ1v) is 7.36. The van der Waals surface area contributed by atoms with E-state index in [-0.39, 0.29) is 5.75 Å². The Morgan fingerprint density at radius 2 is 2.06 bits per heavy atom. The molecule has 18 heavy (non-hydrogen) atoms. The van der Waals surface area contributed by atoms with Crippen molar-refractivity contribution in [1.82, 2.24) is 10.4 Å². The van der Waals surface area contributed by atoms with Crippen LogP contribution >= 0.6 is 0 Å². The largest absolute Gasteiger partial charge is 0.399 e. The summed E-state index contributed by atoms with van der Waals surface area (Å²) in [6.07, 6.45) is 0.383. The van der Waals surface area contributed by atoms with Crippen molar-refractivity contribution in [3.8, 4) is 0 Å². The lowest BCUT2D eigenvalue weighted by Crippen LogP contribution is -2.34. The van der Waals surface area contributed by atoms with E-state index in [4.69, 9.17) is 10.3 Å². The number of fused-ring (bicyclic) bond motifs is 1. The van der Waals surface area contributed by atoms with Crippen LogP contribution in [0.25, 0.3) is 0 Å². The van der Waals surface area contributed by atoms with Gasteiger partial charge in [-0.05, 0) is 29.7 Å². The number of hydrogen-bond donors (Lipinski definition) is 3. The Bertz CT molecular complexity index is 530. The highest BCUT2D eigenvalue weighted by Gasteiger charge is 2.18. The Hall–Kier alpha value is -1.15. The number of anilines is 1. The van der Waals surface area contributed by atoms with Crippen molar-refractivity contribution in [2.24, 2.45) is 0 Å². The van der Waals surface area contributed by atoms with Gasteiger partial charge >= 0.3 is 0 Å². The second-order valence-corrected chi connectivity index (χ2v) is 6.00. The summed E-state index contributed by atoms with van der Waals surface area (Å²) in [4.78, 5) is 0. The number of nitrogens with zero attached hydrogens (tertiary/aromatic N) is 1. The SMILES string of the molecule is Nc1ccc2c(c1)CN(NCCCS(=O)(=O)O)C2. The molecule has 2 rings (SSSR count). The van der Waals surface area contributed by atoms with E-state index in [1.807, 2.05) is 23.2 Å². The summed E-state index contributed by atoms with van der Waals surface area (Å²) in [7, 11) is -3.85. The zero-order valence-corrected chi connectivity index (χ0v) is 10.8. The lowest BCUT2D eigenvalue weighted by atomic mass is 10.1. The minimum atomic E-state index is -3.85. The summed E-state index contributed by atoms with van der Waals surface area (Å²) < 4.78 is 29.7. The zero-order chi connectivity index (χ0) is 13.2. The minimum Gasteiger partial charge on any atom is -0.399 e. The van der Waals surface area contributed by atoms with Crippen molar-refractivity contribution in [3.05, 3.63) is 29.3 Å². The van der Waals surface area contributed by atoms with E-state index in [1.54, 1.807) is 0 Å². The fraction of sp³-hybridized carbons (Fsp3) is 0.455. The molecule has 100 valence electrons. The van der Waals surface area contributed by atoms with Gasteiger partial charge in [0.25, 0.3) is 10.1 Å². The summed E-state index contributed by atoms with van der Waals surface area (Å²) in [6, 6.07) is 5.83. The predicted molar refractivity (Wildman–Crippen MR) is 69.1 cm³/mol. The maximum Gasteiger partial charge on any atom is 0.264 e. The molecule has 1 aromatic rings. The van der Waals surface area contributed by atoms with Crippen LogP contribution in [0, 0.1) is 0 Å². The molecule has 0 amide bonds. The number of hydrazine groups is 1.